The lowest BCUT2D eigenvalue weighted by atomic mass is 10.1. The van der Waals surface area contributed by atoms with Crippen LogP contribution in [0, 0.1) is 5.82 Å². The Labute approximate surface area is 135 Å². The number of halogens is 4. The lowest BCUT2D eigenvalue weighted by Crippen LogP contribution is -2.34. The average molecular weight is 345 g/mol. The molecule has 8 heteroatoms. The van der Waals surface area contributed by atoms with Gasteiger partial charge in [0.05, 0.1) is 17.4 Å². The third-order valence-electron chi connectivity index (χ3n) is 3.37. The molecule has 0 aliphatic carbocycles. The lowest BCUT2D eigenvalue weighted by molar-refractivity contribution is -0.140. The van der Waals surface area contributed by atoms with Crippen molar-refractivity contribution in [1.82, 2.24) is 5.32 Å². The first-order valence-corrected chi connectivity index (χ1v) is 7.08. The minimum absolute atomic E-state index is 0.0554. The van der Waals surface area contributed by atoms with Crippen LogP contribution >= 0.6 is 0 Å². The number of amides is 1. The van der Waals surface area contributed by atoms with E-state index in [1.807, 2.05) is 0 Å². The van der Waals surface area contributed by atoms with Crippen molar-refractivity contribution in [2.45, 2.75) is 31.7 Å². The largest absolute Gasteiger partial charge is 0.467 e. The van der Waals surface area contributed by atoms with Crippen molar-refractivity contribution in [3.8, 4) is 0 Å². The van der Waals surface area contributed by atoms with Gasteiger partial charge in [-0.1, -0.05) is 6.07 Å². The van der Waals surface area contributed by atoms with Crippen molar-refractivity contribution in [2.24, 2.45) is 0 Å². The van der Waals surface area contributed by atoms with E-state index in [2.05, 4.69) is 5.32 Å². The van der Waals surface area contributed by atoms with Crippen LogP contribution in [-0.2, 0) is 6.18 Å². The van der Waals surface area contributed by atoms with Crippen molar-refractivity contribution < 1.29 is 31.9 Å². The van der Waals surface area contributed by atoms with Gasteiger partial charge >= 0.3 is 6.18 Å². The van der Waals surface area contributed by atoms with E-state index in [0.717, 1.165) is 12.1 Å². The molecule has 1 aromatic carbocycles. The zero-order chi connectivity index (χ0) is 17.9. The molecular formula is C16H15F4NO3. The molecule has 0 saturated carbocycles. The van der Waals surface area contributed by atoms with Crippen molar-refractivity contribution in [3.05, 3.63) is 59.3 Å². The molecule has 1 aromatic heterocycles. The molecule has 4 nitrogen and oxygen atoms in total. The summed E-state index contributed by atoms with van der Waals surface area (Å²) >= 11 is 0. The molecule has 0 aliphatic rings. The van der Waals surface area contributed by atoms with Gasteiger partial charge in [-0.3, -0.25) is 4.79 Å². The summed E-state index contributed by atoms with van der Waals surface area (Å²) in [6, 6.07) is 5.01. The second-order valence-electron chi connectivity index (χ2n) is 5.31. The predicted octanol–water partition coefficient (Wildman–Crippen LogP) is 3.68. The fourth-order valence-electron chi connectivity index (χ4n) is 2.22. The van der Waals surface area contributed by atoms with E-state index in [4.69, 9.17) is 4.42 Å². The van der Waals surface area contributed by atoms with E-state index < -0.39 is 41.2 Å². The maximum absolute atomic E-state index is 13.9. The Morgan fingerprint density at radius 3 is 2.58 bits per heavy atom. The van der Waals surface area contributed by atoms with Crippen LogP contribution in [0.15, 0.2) is 41.0 Å². The number of carbonyl (C=O) groups is 1. The highest BCUT2D eigenvalue weighted by Gasteiger charge is 2.35. The van der Waals surface area contributed by atoms with Gasteiger partial charge in [0, 0.05) is 12.5 Å². The fourth-order valence-corrected chi connectivity index (χ4v) is 2.22. The second-order valence-corrected chi connectivity index (χ2v) is 5.31. The first kappa shape index (κ1) is 18.0. The molecule has 0 spiro atoms. The van der Waals surface area contributed by atoms with E-state index >= 15 is 0 Å². The summed E-state index contributed by atoms with van der Waals surface area (Å²) in [6.07, 6.45) is -4.46. The van der Waals surface area contributed by atoms with E-state index in [1.165, 1.54) is 13.2 Å². The molecule has 24 heavy (non-hydrogen) atoms. The van der Waals surface area contributed by atoms with Crippen LogP contribution in [0.1, 0.15) is 41.1 Å². The third kappa shape index (κ3) is 4.14. The standard InChI is InChI=1S/C16H15F4NO3/c1-9(8-12(22)13-6-3-7-24-13)21-15(23)10-4-2-5-11(14(10)17)16(18,19)20/h2-7,9,12,22H,8H2,1H3,(H,21,23). The topological polar surface area (TPSA) is 62.5 Å². The van der Waals surface area contributed by atoms with Crippen LogP contribution in [0.3, 0.4) is 0 Å². The predicted molar refractivity (Wildman–Crippen MR) is 76.6 cm³/mol. The summed E-state index contributed by atoms with van der Waals surface area (Å²) in [4.78, 5) is 12.0. The maximum Gasteiger partial charge on any atom is 0.419 e. The number of furan rings is 1. The normalized spacial score (nSPS) is 14.2. The van der Waals surface area contributed by atoms with Crippen molar-refractivity contribution in [1.29, 1.82) is 0 Å². The van der Waals surface area contributed by atoms with Crippen LogP contribution in [0.5, 0.6) is 0 Å². The molecule has 2 N–H and O–H groups in total. The molecule has 130 valence electrons. The van der Waals surface area contributed by atoms with Crippen LogP contribution in [0.2, 0.25) is 0 Å². The molecule has 0 bridgehead atoms. The van der Waals surface area contributed by atoms with Crippen molar-refractivity contribution >= 4 is 5.91 Å². The molecule has 0 radical (unpaired) electrons. The molecular weight excluding hydrogens is 330 g/mol. The smallest absolute Gasteiger partial charge is 0.419 e. The zero-order valence-corrected chi connectivity index (χ0v) is 12.6. The number of aliphatic hydroxyl groups is 1. The van der Waals surface area contributed by atoms with E-state index in [9.17, 15) is 27.5 Å². The number of benzene rings is 1. The summed E-state index contributed by atoms with van der Waals surface area (Å²) in [6.45, 7) is 1.54. The van der Waals surface area contributed by atoms with Crippen LogP contribution in [0.25, 0.3) is 0 Å². The first-order valence-electron chi connectivity index (χ1n) is 7.08. The number of hydrogen-bond donors (Lipinski definition) is 2. The molecule has 1 heterocycles. The van der Waals surface area contributed by atoms with Crippen molar-refractivity contribution in [3.63, 3.8) is 0 Å². The molecule has 2 unspecified atom stereocenters. The number of carbonyl (C=O) groups excluding carboxylic acids is 1. The summed E-state index contributed by atoms with van der Waals surface area (Å²) in [5, 5.41) is 12.3. The summed E-state index contributed by atoms with van der Waals surface area (Å²) in [7, 11) is 0. The van der Waals surface area contributed by atoms with Crippen LogP contribution < -0.4 is 5.32 Å². The quantitative estimate of drug-likeness (QED) is 0.813. The van der Waals surface area contributed by atoms with Gasteiger partial charge in [-0.25, -0.2) is 4.39 Å². The number of rotatable bonds is 5. The summed E-state index contributed by atoms with van der Waals surface area (Å²) in [5.41, 5.74) is -2.21. The summed E-state index contributed by atoms with van der Waals surface area (Å²) < 4.78 is 56.9. The molecule has 0 fully saturated rings. The highest BCUT2D eigenvalue weighted by Crippen LogP contribution is 2.32. The molecule has 0 aliphatic heterocycles. The Balaban J connectivity index is 2.07. The van der Waals surface area contributed by atoms with Gasteiger partial charge in [0.1, 0.15) is 17.7 Å². The molecule has 1 amide bonds. The highest BCUT2D eigenvalue weighted by atomic mass is 19.4. The number of nitrogens with one attached hydrogen (secondary N) is 1. The minimum Gasteiger partial charge on any atom is -0.467 e. The summed E-state index contributed by atoms with van der Waals surface area (Å²) in [5.74, 6) is -2.32. The number of aliphatic hydroxyl groups excluding tert-OH is 1. The Hall–Kier alpha value is -2.35. The monoisotopic (exact) mass is 345 g/mol. The molecule has 0 saturated heterocycles. The van der Waals surface area contributed by atoms with Crippen LogP contribution in [-0.4, -0.2) is 17.1 Å². The molecule has 2 atom stereocenters. The van der Waals surface area contributed by atoms with Gasteiger partial charge < -0.3 is 14.8 Å². The fraction of sp³-hybridized carbons (Fsp3) is 0.312. The highest BCUT2D eigenvalue weighted by molar-refractivity contribution is 5.94. The number of alkyl halides is 3. The van der Waals surface area contributed by atoms with Crippen molar-refractivity contribution in [2.75, 3.05) is 0 Å². The number of hydrogen-bond acceptors (Lipinski definition) is 3. The Morgan fingerprint density at radius 2 is 2.00 bits per heavy atom. The SMILES string of the molecule is CC(CC(O)c1ccco1)NC(=O)c1cccc(C(F)(F)F)c1F. The average Bonchev–Trinajstić information content (AvgIpc) is 3.00. The zero-order valence-electron chi connectivity index (χ0n) is 12.6. The van der Waals surface area contributed by atoms with Gasteiger partial charge in [-0.05, 0) is 31.2 Å². The molecule has 2 aromatic rings. The Morgan fingerprint density at radius 1 is 1.29 bits per heavy atom. The Bertz CT molecular complexity index is 698. The third-order valence-corrected chi connectivity index (χ3v) is 3.37. The van der Waals surface area contributed by atoms with E-state index in [-0.39, 0.29) is 6.42 Å². The maximum atomic E-state index is 13.9. The van der Waals surface area contributed by atoms with Gasteiger partial charge in [-0.15, -0.1) is 0 Å². The van der Waals surface area contributed by atoms with Gasteiger partial charge in [0.2, 0.25) is 0 Å². The van der Waals surface area contributed by atoms with Gasteiger partial charge in [0.25, 0.3) is 5.91 Å². The van der Waals surface area contributed by atoms with Gasteiger partial charge in [-0.2, -0.15) is 13.2 Å². The lowest BCUT2D eigenvalue weighted by Gasteiger charge is -2.17. The first-order chi connectivity index (χ1) is 11.2. The molecule has 2 rings (SSSR count). The van der Waals surface area contributed by atoms with E-state index in [1.54, 1.807) is 12.1 Å². The van der Waals surface area contributed by atoms with Gasteiger partial charge in [0.15, 0.2) is 0 Å². The van der Waals surface area contributed by atoms with Crippen LogP contribution in [0.4, 0.5) is 17.6 Å². The van der Waals surface area contributed by atoms with E-state index in [0.29, 0.717) is 11.8 Å². The minimum atomic E-state index is -4.89. The Kier molecular flexibility index (Phi) is 5.28. The second kappa shape index (κ2) is 7.04.